The van der Waals surface area contributed by atoms with Gasteiger partial charge in [0.1, 0.15) is 11.6 Å². The molecule has 1 aliphatic heterocycles. The van der Waals surface area contributed by atoms with Crippen LogP contribution in [0.5, 0.6) is 0 Å². The maximum absolute atomic E-state index is 13.4. The minimum Gasteiger partial charge on any atom is -0.308 e. The SMILES string of the molecule is Cc1c(F)cc(C2(C)CCCN2)cc1F. The molecule has 0 radical (unpaired) electrons. The van der Waals surface area contributed by atoms with Crippen LogP contribution in [0.3, 0.4) is 0 Å². The second kappa shape index (κ2) is 3.56. The quantitative estimate of drug-likeness (QED) is 0.753. The minimum atomic E-state index is -0.458. The van der Waals surface area contributed by atoms with Gasteiger partial charge in [0.25, 0.3) is 0 Å². The molecule has 1 fully saturated rings. The van der Waals surface area contributed by atoms with Crippen molar-refractivity contribution in [3.63, 3.8) is 0 Å². The molecule has 82 valence electrons. The molecule has 3 heteroatoms. The molecule has 1 unspecified atom stereocenters. The molecule has 0 aromatic heterocycles. The number of nitrogens with one attached hydrogen (secondary N) is 1. The topological polar surface area (TPSA) is 12.0 Å². The van der Waals surface area contributed by atoms with Crippen LogP contribution in [-0.2, 0) is 5.54 Å². The maximum Gasteiger partial charge on any atom is 0.129 e. The van der Waals surface area contributed by atoms with Crippen molar-refractivity contribution >= 4 is 0 Å². The van der Waals surface area contributed by atoms with Gasteiger partial charge in [-0.05, 0) is 50.9 Å². The summed E-state index contributed by atoms with van der Waals surface area (Å²) >= 11 is 0. The second-order valence-electron chi connectivity index (χ2n) is 4.43. The van der Waals surface area contributed by atoms with Gasteiger partial charge < -0.3 is 5.32 Å². The van der Waals surface area contributed by atoms with E-state index in [-0.39, 0.29) is 11.1 Å². The lowest BCUT2D eigenvalue weighted by atomic mass is 9.90. The van der Waals surface area contributed by atoms with Crippen LogP contribution in [0.1, 0.15) is 30.9 Å². The highest BCUT2D eigenvalue weighted by Gasteiger charge is 2.31. The Kier molecular flexibility index (Phi) is 2.51. The van der Waals surface area contributed by atoms with E-state index >= 15 is 0 Å². The van der Waals surface area contributed by atoms with Crippen LogP contribution in [-0.4, -0.2) is 6.54 Å². The molecular weight excluding hydrogens is 196 g/mol. The lowest BCUT2D eigenvalue weighted by molar-refractivity contribution is 0.426. The molecule has 0 saturated carbocycles. The van der Waals surface area contributed by atoms with Gasteiger partial charge in [0.15, 0.2) is 0 Å². The van der Waals surface area contributed by atoms with Crippen molar-refractivity contribution in [1.82, 2.24) is 5.32 Å². The summed E-state index contributed by atoms with van der Waals surface area (Å²) in [6, 6.07) is 2.88. The van der Waals surface area contributed by atoms with E-state index in [1.807, 2.05) is 6.92 Å². The zero-order chi connectivity index (χ0) is 11.1. The number of rotatable bonds is 1. The third kappa shape index (κ3) is 1.76. The van der Waals surface area contributed by atoms with E-state index in [1.54, 1.807) is 0 Å². The molecule has 1 N–H and O–H groups in total. The zero-order valence-electron chi connectivity index (χ0n) is 9.03. The summed E-state index contributed by atoms with van der Waals surface area (Å²) in [4.78, 5) is 0. The van der Waals surface area contributed by atoms with Crippen LogP contribution >= 0.6 is 0 Å². The van der Waals surface area contributed by atoms with Crippen molar-refractivity contribution in [3.05, 3.63) is 34.9 Å². The molecule has 1 nitrogen and oxygen atoms in total. The third-order valence-electron chi connectivity index (χ3n) is 3.29. The van der Waals surface area contributed by atoms with Gasteiger partial charge in [-0.25, -0.2) is 8.78 Å². The van der Waals surface area contributed by atoms with Gasteiger partial charge in [-0.15, -0.1) is 0 Å². The Morgan fingerprint density at radius 2 is 1.87 bits per heavy atom. The van der Waals surface area contributed by atoms with Crippen LogP contribution in [0.2, 0.25) is 0 Å². The molecule has 1 aromatic carbocycles. The number of hydrogen-bond acceptors (Lipinski definition) is 1. The summed E-state index contributed by atoms with van der Waals surface area (Å²) in [7, 11) is 0. The van der Waals surface area contributed by atoms with E-state index in [1.165, 1.54) is 19.1 Å². The van der Waals surface area contributed by atoms with Gasteiger partial charge in [-0.2, -0.15) is 0 Å². The van der Waals surface area contributed by atoms with Crippen molar-refractivity contribution in [2.24, 2.45) is 0 Å². The minimum absolute atomic E-state index is 0.0975. The molecule has 0 amide bonds. The van der Waals surface area contributed by atoms with Gasteiger partial charge in [-0.1, -0.05) is 0 Å². The highest BCUT2D eigenvalue weighted by atomic mass is 19.1. The molecule has 2 rings (SSSR count). The normalized spacial score (nSPS) is 25.9. The van der Waals surface area contributed by atoms with E-state index in [9.17, 15) is 8.78 Å². The summed E-state index contributed by atoms with van der Waals surface area (Å²) in [5.74, 6) is -0.917. The van der Waals surface area contributed by atoms with E-state index < -0.39 is 11.6 Å². The third-order valence-corrected chi connectivity index (χ3v) is 3.29. The molecular formula is C12H15F2N. The Bertz CT molecular complexity index is 358. The van der Waals surface area contributed by atoms with E-state index in [0.717, 1.165) is 19.4 Å². The average molecular weight is 211 g/mol. The van der Waals surface area contributed by atoms with Crippen LogP contribution in [0.15, 0.2) is 12.1 Å². The van der Waals surface area contributed by atoms with Crippen LogP contribution in [0.4, 0.5) is 8.78 Å². The number of benzene rings is 1. The molecule has 0 aliphatic carbocycles. The molecule has 15 heavy (non-hydrogen) atoms. The molecule has 1 aliphatic rings. The first-order valence-corrected chi connectivity index (χ1v) is 5.24. The smallest absolute Gasteiger partial charge is 0.129 e. The molecule has 0 spiro atoms. The van der Waals surface area contributed by atoms with Gasteiger partial charge in [0.2, 0.25) is 0 Å². The standard InChI is InChI=1S/C12H15F2N/c1-8-10(13)6-9(7-11(8)14)12(2)4-3-5-15-12/h6-7,15H,3-5H2,1-2H3. The highest BCUT2D eigenvalue weighted by molar-refractivity contribution is 5.30. The first kappa shape index (κ1) is 10.6. The fourth-order valence-corrected chi connectivity index (χ4v) is 2.10. The summed E-state index contributed by atoms with van der Waals surface area (Å²) < 4.78 is 26.8. The van der Waals surface area contributed by atoms with Crippen molar-refractivity contribution in [1.29, 1.82) is 0 Å². The first-order chi connectivity index (χ1) is 7.03. The fourth-order valence-electron chi connectivity index (χ4n) is 2.10. The molecule has 1 atom stereocenters. The van der Waals surface area contributed by atoms with Gasteiger partial charge in [0.05, 0.1) is 0 Å². The Morgan fingerprint density at radius 1 is 1.27 bits per heavy atom. The summed E-state index contributed by atoms with van der Waals surface area (Å²) in [5, 5.41) is 3.29. The second-order valence-corrected chi connectivity index (χ2v) is 4.43. The van der Waals surface area contributed by atoms with E-state index in [0.29, 0.717) is 5.56 Å². The summed E-state index contributed by atoms with van der Waals surface area (Å²) in [5.41, 5.74) is 0.538. The maximum atomic E-state index is 13.4. The Labute approximate surface area is 88.5 Å². The van der Waals surface area contributed by atoms with E-state index in [4.69, 9.17) is 0 Å². The predicted octanol–water partition coefficient (Wildman–Crippen LogP) is 2.87. The summed E-state index contributed by atoms with van der Waals surface area (Å²) in [6.07, 6.45) is 1.97. The fraction of sp³-hybridized carbons (Fsp3) is 0.500. The van der Waals surface area contributed by atoms with Crippen molar-refractivity contribution in [3.8, 4) is 0 Å². The lowest BCUT2D eigenvalue weighted by Crippen LogP contribution is -2.33. The molecule has 1 aromatic rings. The number of halogens is 2. The van der Waals surface area contributed by atoms with Crippen LogP contribution < -0.4 is 5.32 Å². The van der Waals surface area contributed by atoms with Crippen LogP contribution in [0.25, 0.3) is 0 Å². The largest absolute Gasteiger partial charge is 0.308 e. The molecule has 0 bridgehead atoms. The first-order valence-electron chi connectivity index (χ1n) is 5.24. The van der Waals surface area contributed by atoms with Crippen molar-refractivity contribution < 1.29 is 8.78 Å². The zero-order valence-corrected chi connectivity index (χ0v) is 9.03. The average Bonchev–Trinajstić information content (AvgIpc) is 2.62. The van der Waals surface area contributed by atoms with Gasteiger partial charge in [-0.3, -0.25) is 0 Å². The molecule has 1 saturated heterocycles. The van der Waals surface area contributed by atoms with E-state index in [2.05, 4.69) is 5.32 Å². The Balaban J connectivity index is 2.45. The monoisotopic (exact) mass is 211 g/mol. The van der Waals surface area contributed by atoms with Crippen molar-refractivity contribution in [2.45, 2.75) is 32.2 Å². The predicted molar refractivity (Wildman–Crippen MR) is 55.7 cm³/mol. The Morgan fingerprint density at radius 3 is 2.33 bits per heavy atom. The Hall–Kier alpha value is -0.960. The van der Waals surface area contributed by atoms with Crippen LogP contribution in [0, 0.1) is 18.6 Å². The van der Waals surface area contributed by atoms with Gasteiger partial charge in [0, 0.05) is 11.1 Å². The highest BCUT2D eigenvalue weighted by Crippen LogP contribution is 2.31. The van der Waals surface area contributed by atoms with Crippen molar-refractivity contribution in [2.75, 3.05) is 6.54 Å². The summed E-state index contributed by atoms with van der Waals surface area (Å²) in [6.45, 7) is 4.36. The molecule has 1 heterocycles. The number of hydrogen-bond donors (Lipinski definition) is 1. The van der Waals surface area contributed by atoms with Gasteiger partial charge >= 0.3 is 0 Å². The lowest BCUT2D eigenvalue weighted by Gasteiger charge is -2.25.